The van der Waals surface area contributed by atoms with E-state index >= 15 is 0 Å². The third-order valence-electron chi connectivity index (χ3n) is 7.72. The predicted molar refractivity (Wildman–Crippen MR) is 190 cm³/mol. The van der Waals surface area contributed by atoms with Gasteiger partial charge in [0.1, 0.15) is 5.82 Å². The van der Waals surface area contributed by atoms with E-state index in [2.05, 4.69) is 58.1 Å². The first-order valence-corrected chi connectivity index (χ1v) is 17.0. The molecule has 1 saturated carbocycles. The number of rotatable bonds is 8. The van der Waals surface area contributed by atoms with Crippen LogP contribution < -0.4 is 5.32 Å². The summed E-state index contributed by atoms with van der Waals surface area (Å²) in [5.41, 5.74) is 19.2. The number of hydrogen-bond donors (Lipinski definition) is 2. The number of pyridine rings is 2. The molecule has 1 saturated heterocycles. The van der Waals surface area contributed by atoms with Crippen molar-refractivity contribution in [3.05, 3.63) is 88.8 Å². The zero-order valence-corrected chi connectivity index (χ0v) is 32.2. The number of ether oxygens (including phenoxy) is 1. The van der Waals surface area contributed by atoms with Gasteiger partial charge < -0.3 is 26.6 Å². The zero-order valence-electron chi connectivity index (χ0n) is 28.6. The molecule has 1 radical (unpaired) electrons. The molecular formula is C36H51FN6O2SY-2. The Balaban J connectivity index is 0.000000348. The van der Waals surface area contributed by atoms with Gasteiger partial charge in [-0.05, 0) is 86.7 Å². The van der Waals surface area contributed by atoms with Crippen LogP contribution in [0, 0.1) is 12.7 Å². The average Bonchev–Trinajstić information content (AvgIpc) is 3.72. The first-order valence-electron chi connectivity index (χ1n) is 16.2. The number of benzene rings is 1. The van der Waals surface area contributed by atoms with Crippen LogP contribution in [0.1, 0.15) is 69.1 Å². The third-order valence-corrected chi connectivity index (χ3v) is 8.91. The van der Waals surface area contributed by atoms with Crippen molar-refractivity contribution < 1.29 is 46.9 Å². The largest absolute Gasteiger partial charge is 0.699 e. The molecule has 255 valence electrons. The van der Waals surface area contributed by atoms with E-state index in [1.54, 1.807) is 37.5 Å². The van der Waals surface area contributed by atoms with Crippen molar-refractivity contribution in [2.75, 3.05) is 40.0 Å². The van der Waals surface area contributed by atoms with Gasteiger partial charge in [-0.25, -0.2) is 4.39 Å². The van der Waals surface area contributed by atoms with Crippen LogP contribution in [-0.2, 0) is 44.0 Å². The van der Waals surface area contributed by atoms with E-state index in [0.717, 1.165) is 63.1 Å². The fourth-order valence-corrected chi connectivity index (χ4v) is 5.95. The molecular weight excluding hydrogens is 688 g/mol. The second kappa shape index (κ2) is 22.0. The molecule has 3 aromatic heterocycles. The van der Waals surface area contributed by atoms with Gasteiger partial charge in [0.05, 0.1) is 27.4 Å². The van der Waals surface area contributed by atoms with Crippen molar-refractivity contribution in [1.29, 1.82) is 0 Å². The van der Waals surface area contributed by atoms with Crippen molar-refractivity contribution >= 4 is 27.2 Å². The van der Waals surface area contributed by atoms with Crippen LogP contribution in [-0.4, -0.2) is 72.0 Å². The van der Waals surface area contributed by atoms with E-state index in [1.165, 1.54) is 26.8 Å². The zero-order chi connectivity index (χ0) is 33.5. The van der Waals surface area contributed by atoms with E-state index in [9.17, 15) is 4.39 Å². The van der Waals surface area contributed by atoms with Crippen LogP contribution in [0.4, 0.5) is 10.1 Å². The summed E-state index contributed by atoms with van der Waals surface area (Å²) in [5.74, 6) is 0.188. The van der Waals surface area contributed by atoms with E-state index in [-0.39, 0.29) is 50.8 Å². The van der Waals surface area contributed by atoms with Gasteiger partial charge in [-0.2, -0.15) is 0 Å². The minimum absolute atomic E-state index is 0. The molecule has 1 aromatic carbocycles. The number of methoxy groups -OCH3 is 1. The summed E-state index contributed by atoms with van der Waals surface area (Å²) in [6.07, 6.45) is 8.51. The molecule has 4 aromatic rings. The number of likely N-dealkylation sites (tertiary alicyclic amines) is 1. The number of aromatic nitrogens is 2. The van der Waals surface area contributed by atoms with Crippen LogP contribution >= 0.6 is 11.3 Å². The van der Waals surface area contributed by atoms with Gasteiger partial charge in [-0.1, -0.05) is 44.9 Å². The Morgan fingerprint density at radius 2 is 1.77 bits per heavy atom. The molecule has 0 unspecified atom stereocenters. The Morgan fingerprint density at radius 1 is 1.09 bits per heavy atom. The molecule has 0 bridgehead atoms. The number of piperidine rings is 1. The number of thiophene rings is 1. The fraction of sp³-hybridized carbons (Fsp3) is 0.500. The van der Waals surface area contributed by atoms with Crippen molar-refractivity contribution in [3.63, 3.8) is 0 Å². The Bertz CT molecular complexity index is 1440. The van der Waals surface area contributed by atoms with Gasteiger partial charge in [0, 0.05) is 78.0 Å². The summed E-state index contributed by atoms with van der Waals surface area (Å²) < 4.78 is 18.3. The number of aliphatic hydroxyl groups is 1. The number of nitrogens with one attached hydrogen (secondary N) is 3. The standard InChI is InChI=1S/C23H30N4OS.C7H7FN.C3H6N.C3H8O.Y/c1-16(2)19-5-8-25-21-13-22(29-23(19)21)20-4-3-17(14-26-20)15-27-10-6-18(7-11-27)24-9-12-28;1-5-2-3-6(9)4-7(5)8;4-3-1-2-3;1-3-4-2;/h3-5,8,13-14,16,18,24,28H,6-7,9-12,15H2,1-2H3;2-4,9H,1H3;3-4H,1-2H2;3H2,1-2H3;/q;2*-1;;. The molecule has 1 aliphatic heterocycles. The molecule has 0 amide bonds. The van der Waals surface area contributed by atoms with E-state index < -0.39 is 0 Å². The maximum Gasteiger partial charge on any atom is 0.124 e. The van der Waals surface area contributed by atoms with E-state index in [1.807, 2.05) is 19.3 Å². The molecule has 1 aliphatic carbocycles. The summed E-state index contributed by atoms with van der Waals surface area (Å²) in [6.45, 7) is 12.9. The molecule has 8 nitrogen and oxygen atoms in total. The molecule has 4 N–H and O–H groups in total. The normalized spacial score (nSPS) is 14.7. The minimum atomic E-state index is -0.303. The molecule has 0 spiro atoms. The molecule has 4 heterocycles. The monoisotopic (exact) mass is 739 g/mol. The molecule has 47 heavy (non-hydrogen) atoms. The predicted octanol–water partition coefficient (Wildman–Crippen LogP) is 8.70. The smallest absolute Gasteiger partial charge is 0.124 e. The third kappa shape index (κ3) is 14.6. The number of aliphatic hydroxyl groups excluding tert-OH is 1. The fourth-order valence-electron chi connectivity index (χ4n) is 4.70. The van der Waals surface area contributed by atoms with Crippen molar-refractivity contribution in [2.24, 2.45) is 0 Å². The summed E-state index contributed by atoms with van der Waals surface area (Å²) in [7, 11) is 1.68. The van der Waals surface area contributed by atoms with Gasteiger partial charge in [-0.3, -0.25) is 14.9 Å². The summed E-state index contributed by atoms with van der Waals surface area (Å²) in [6, 6.07) is 13.9. The van der Waals surface area contributed by atoms with Gasteiger partial charge in [0.25, 0.3) is 0 Å². The number of halogens is 1. The first kappa shape index (κ1) is 41.3. The topological polar surface area (TPSA) is 118 Å². The van der Waals surface area contributed by atoms with Crippen LogP contribution in [0.25, 0.3) is 32.3 Å². The Hall–Kier alpha value is -1.89. The molecule has 2 aliphatic rings. The molecule has 6 rings (SSSR count). The van der Waals surface area contributed by atoms with Crippen molar-refractivity contribution in [3.8, 4) is 10.6 Å². The van der Waals surface area contributed by atoms with Crippen LogP contribution in [0.5, 0.6) is 0 Å². The van der Waals surface area contributed by atoms with Crippen LogP contribution in [0.3, 0.4) is 0 Å². The summed E-state index contributed by atoms with van der Waals surface area (Å²) in [4.78, 5) is 13.0. The summed E-state index contributed by atoms with van der Waals surface area (Å²) >= 11 is 1.79. The summed E-state index contributed by atoms with van der Waals surface area (Å²) in [5, 5.41) is 12.4. The average molecular weight is 740 g/mol. The quantitative estimate of drug-likeness (QED) is 0.187. The van der Waals surface area contributed by atoms with Crippen LogP contribution in [0.15, 0.2) is 54.9 Å². The maximum atomic E-state index is 12.5. The Morgan fingerprint density at radius 3 is 2.28 bits per heavy atom. The molecule has 0 atom stereocenters. The van der Waals surface area contributed by atoms with Crippen molar-refractivity contribution in [1.82, 2.24) is 20.2 Å². The second-order valence-corrected chi connectivity index (χ2v) is 13.0. The number of aryl methyl sites for hydroxylation is 1. The maximum absolute atomic E-state index is 12.5. The number of fused-ring (bicyclic) bond motifs is 1. The van der Waals surface area contributed by atoms with Gasteiger partial charge in [-0.15, -0.1) is 23.1 Å². The Kier molecular flexibility index (Phi) is 19.3. The van der Waals surface area contributed by atoms with Gasteiger partial charge in [0.2, 0.25) is 0 Å². The van der Waals surface area contributed by atoms with Gasteiger partial charge in [0.15, 0.2) is 0 Å². The minimum Gasteiger partial charge on any atom is -0.699 e. The molecule has 2 fully saturated rings. The van der Waals surface area contributed by atoms with Crippen molar-refractivity contribution in [2.45, 2.75) is 77.9 Å². The Labute approximate surface area is 309 Å². The van der Waals surface area contributed by atoms with Crippen LogP contribution in [0.2, 0.25) is 0 Å². The van der Waals surface area contributed by atoms with E-state index in [0.29, 0.717) is 30.1 Å². The SMILES string of the molecule is CC(C)c1ccnc2cc(-c3ccc(CN4CCC(NCCO)CC4)cn3)sc12.CCOC.Cc1ccc([NH-])cc1F.[NH-]C1CC1.[Y]. The first-order chi connectivity index (χ1) is 22.1. The van der Waals surface area contributed by atoms with Gasteiger partial charge >= 0.3 is 0 Å². The second-order valence-electron chi connectivity index (χ2n) is 12.0. The number of nitrogens with zero attached hydrogens (tertiary/aromatic N) is 3. The number of hydrogen-bond acceptors (Lipinski definition) is 7. The molecule has 11 heteroatoms. The van der Waals surface area contributed by atoms with E-state index in [4.69, 9.17) is 21.6 Å².